The van der Waals surface area contributed by atoms with Crippen molar-refractivity contribution in [3.8, 4) is 5.75 Å². The lowest BCUT2D eigenvalue weighted by molar-refractivity contribution is 0.413. The first-order valence-electron chi connectivity index (χ1n) is 5.88. The Balaban J connectivity index is 2.80. The molecule has 0 aliphatic heterocycles. The van der Waals surface area contributed by atoms with E-state index in [0.717, 1.165) is 17.2 Å². The SMILES string of the molecule is CCNC(C)C(C)S(=O)c1cccc(OC)c1. The van der Waals surface area contributed by atoms with E-state index < -0.39 is 10.8 Å². The average molecular weight is 255 g/mol. The summed E-state index contributed by atoms with van der Waals surface area (Å²) in [5.74, 6) is 0.749. The zero-order chi connectivity index (χ0) is 12.8. The molecule has 3 unspecified atom stereocenters. The molecule has 1 aromatic rings. The van der Waals surface area contributed by atoms with Gasteiger partial charge in [-0.1, -0.05) is 13.0 Å². The van der Waals surface area contributed by atoms with Crippen LogP contribution < -0.4 is 10.1 Å². The smallest absolute Gasteiger partial charge is 0.120 e. The van der Waals surface area contributed by atoms with Crippen LogP contribution in [0, 0.1) is 0 Å². The molecule has 0 aliphatic carbocycles. The van der Waals surface area contributed by atoms with Gasteiger partial charge in [0, 0.05) is 10.9 Å². The van der Waals surface area contributed by atoms with E-state index in [1.165, 1.54) is 0 Å². The molecule has 3 atom stereocenters. The van der Waals surface area contributed by atoms with Crippen molar-refractivity contribution in [2.45, 2.75) is 37.0 Å². The fourth-order valence-corrected chi connectivity index (χ4v) is 2.96. The fraction of sp³-hybridized carbons (Fsp3) is 0.538. The van der Waals surface area contributed by atoms with Gasteiger partial charge in [-0.25, -0.2) is 0 Å². The molecule has 0 saturated heterocycles. The summed E-state index contributed by atoms with van der Waals surface area (Å²) in [5.41, 5.74) is 0. The number of rotatable bonds is 6. The number of hydrogen-bond donors (Lipinski definition) is 1. The van der Waals surface area contributed by atoms with E-state index >= 15 is 0 Å². The number of hydrogen-bond acceptors (Lipinski definition) is 3. The Labute approximate surface area is 106 Å². The average Bonchev–Trinajstić information content (AvgIpc) is 2.37. The lowest BCUT2D eigenvalue weighted by Crippen LogP contribution is -2.37. The van der Waals surface area contributed by atoms with Crippen LogP contribution in [0.2, 0.25) is 0 Å². The second-order valence-electron chi connectivity index (χ2n) is 4.03. The number of methoxy groups -OCH3 is 1. The summed E-state index contributed by atoms with van der Waals surface area (Å²) in [5, 5.41) is 3.37. The Morgan fingerprint density at radius 1 is 1.41 bits per heavy atom. The van der Waals surface area contributed by atoms with Gasteiger partial charge in [0.1, 0.15) is 5.75 Å². The molecule has 4 heteroatoms. The summed E-state index contributed by atoms with van der Waals surface area (Å²) in [7, 11) is 0.604. The van der Waals surface area contributed by atoms with Crippen LogP contribution in [0.4, 0.5) is 0 Å². The lowest BCUT2D eigenvalue weighted by Gasteiger charge is -2.20. The Kier molecular flexibility index (Phi) is 5.65. The summed E-state index contributed by atoms with van der Waals surface area (Å²) in [6.45, 7) is 7.01. The molecule has 1 rings (SSSR count). The van der Waals surface area contributed by atoms with Crippen LogP contribution in [0.25, 0.3) is 0 Å². The molecule has 3 nitrogen and oxygen atoms in total. The highest BCUT2D eigenvalue weighted by Gasteiger charge is 2.19. The van der Waals surface area contributed by atoms with Gasteiger partial charge in [-0.15, -0.1) is 0 Å². The molecule has 1 N–H and O–H groups in total. The first-order chi connectivity index (χ1) is 8.10. The van der Waals surface area contributed by atoms with E-state index in [0.29, 0.717) is 0 Å². The highest BCUT2D eigenvalue weighted by atomic mass is 32.2. The largest absolute Gasteiger partial charge is 0.497 e. The predicted molar refractivity (Wildman–Crippen MR) is 72.0 cm³/mol. The third-order valence-corrected chi connectivity index (χ3v) is 4.64. The molecule has 96 valence electrons. The normalized spacial score (nSPS) is 16.2. The molecule has 0 bridgehead atoms. The topological polar surface area (TPSA) is 38.3 Å². The first kappa shape index (κ1) is 14.2. The predicted octanol–water partition coefficient (Wildman–Crippen LogP) is 2.19. The third kappa shape index (κ3) is 3.82. The molecule has 0 spiro atoms. The van der Waals surface area contributed by atoms with E-state index in [4.69, 9.17) is 4.74 Å². The van der Waals surface area contributed by atoms with Gasteiger partial charge in [-0.05, 0) is 38.6 Å². The number of ether oxygens (including phenoxy) is 1. The lowest BCUT2D eigenvalue weighted by atomic mass is 10.2. The summed E-state index contributed by atoms with van der Waals surface area (Å²) >= 11 is 0. The first-order valence-corrected chi connectivity index (χ1v) is 7.09. The minimum atomic E-state index is -1.01. The second kappa shape index (κ2) is 6.77. The van der Waals surface area contributed by atoms with Crippen LogP contribution in [-0.2, 0) is 10.8 Å². The van der Waals surface area contributed by atoms with Gasteiger partial charge in [0.2, 0.25) is 0 Å². The Bertz CT molecular complexity index is 381. The highest BCUT2D eigenvalue weighted by molar-refractivity contribution is 7.85. The molecule has 0 amide bonds. The molecular weight excluding hydrogens is 234 g/mol. The standard InChI is InChI=1S/C13H21NO2S/c1-5-14-10(2)11(3)17(15)13-8-6-7-12(9-13)16-4/h6-11,14H,5H2,1-4H3. The zero-order valence-corrected chi connectivity index (χ0v) is 11.7. The van der Waals surface area contributed by atoms with Crippen molar-refractivity contribution < 1.29 is 8.95 Å². The maximum absolute atomic E-state index is 12.3. The maximum Gasteiger partial charge on any atom is 0.120 e. The van der Waals surface area contributed by atoms with Gasteiger partial charge in [0.25, 0.3) is 0 Å². The molecule has 0 heterocycles. The van der Waals surface area contributed by atoms with Crippen molar-refractivity contribution in [2.24, 2.45) is 0 Å². The minimum Gasteiger partial charge on any atom is -0.497 e. The van der Waals surface area contributed by atoms with Crippen LogP contribution in [-0.4, -0.2) is 29.2 Å². The fourth-order valence-electron chi connectivity index (χ4n) is 1.61. The molecule has 1 aromatic carbocycles. The Morgan fingerprint density at radius 2 is 2.12 bits per heavy atom. The van der Waals surface area contributed by atoms with Gasteiger partial charge in [-0.2, -0.15) is 0 Å². The van der Waals surface area contributed by atoms with Gasteiger partial charge in [0.15, 0.2) is 0 Å². The number of benzene rings is 1. The second-order valence-corrected chi connectivity index (χ2v) is 5.84. The minimum absolute atomic E-state index is 0.0713. The van der Waals surface area contributed by atoms with Crippen LogP contribution >= 0.6 is 0 Å². The van der Waals surface area contributed by atoms with Crippen LogP contribution in [0.5, 0.6) is 5.75 Å². The van der Waals surface area contributed by atoms with Crippen molar-refractivity contribution in [3.63, 3.8) is 0 Å². The summed E-state index contributed by atoms with van der Waals surface area (Å²) in [4.78, 5) is 0.821. The Hall–Kier alpha value is -0.870. The van der Waals surface area contributed by atoms with Crippen LogP contribution in [0.1, 0.15) is 20.8 Å². The quantitative estimate of drug-likeness (QED) is 0.847. The maximum atomic E-state index is 12.3. The molecule has 0 fully saturated rings. The third-order valence-electron chi connectivity index (χ3n) is 2.84. The van der Waals surface area contributed by atoms with E-state index in [-0.39, 0.29) is 11.3 Å². The summed E-state index contributed by atoms with van der Waals surface area (Å²) in [6, 6.07) is 7.68. The summed E-state index contributed by atoms with van der Waals surface area (Å²) in [6.07, 6.45) is 0. The zero-order valence-electron chi connectivity index (χ0n) is 10.9. The van der Waals surface area contributed by atoms with Crippen molar-refractivity contribution >= 4 is 10.8 Å². The van der Waals surface area contributed by atoms with Gasteiger partial charge in [-0.3, -0.25) is 4.21 Å². The molecule has 0 saturated carbocycles. The molecule has 17 heavy (non-hydrogen) atoms. The molecule has 0 aromatic heterocycles. The van der Waals surface area contributed by atoms with Gasteiger partial charge in [0.05, 0.1) is 23.2 Å². The van der Waals surface area contributed by atoms with E-state index in [9.17, 15) is 4.21 Å². The molecule has 0 aliphatic rings. The molecular formula is C13H21NO2S. The highest BCUT2D eigenvalue weighted by Crippen LogP contribution is 2.19. The van der Waals surface area contributed by atoms with Crippen molar-refractivity contribution in [2.75, 3.05) is 13.7 Å². The summed E-state index contributed by atoms with van der Waals surface area (Å²) < 4.78 is 17.5. The van der Waals surface area contributed by atoms with E-state index in [1.807, 2.05) is 31.2 Å². The van der Waals surface area contributed by atoms with Gasteiger partial charge < -0.3 is 10.1 Å². The van der Waals surface area contributed by atoms with Crippen molar-refractivity contribution in [1.82, 2.24) is 5.32 Å². The Morgan fingerprint density at radius 3 is 2.71 bits per heavy atom. The number of nitrogens with one attached hydrogen (secondary N) is 1. The van der Waals surface area contributed by atoms with Crippen molar-refractivity contribution in [1.29, 1.82) is 0 Å². The van der Waals surface area contributed by atoms with Crippen molar-refractivity contribution in [3.05, 3.63) is 24.3 Å². The van der Waals surface area contributed by atoms with E-state index in [1.54, 1.807) is 7.11 Å². The molecule has 0 radical (unpaired) electrons. The van der Waals surface area contributed by atoms with Crippen LogP contribution in [0.3, 0.4) is 0 Å². The monoisotopic (exact) mass is 255 g/mol. The van der Waals surface area contributed by atoms with Gasteiger partial charge >= 0.3 is 0 Å². The van der Waals surface area contributed by atoms with Crippen LogP contribution in [0.15, 0.2) is 29.2 Å². The van der Waals surface area contributed by atoms with E-state index in [2.05, 4.69) is 19.2 Å².